The maximum absolute atomic E-state index is 12.5. The molecule has 0 spiro atoms. The van der Waals surface area contributed by atoms with Crippen molar-refractivity contribution in [1.82, 2.24) is 25.2 Å². The van der Waals surface area contributed by atoms with Crippen LogP contribution in [0.15, 0.2) is 36.9 Å². The molecule has 1 unspecified atom stereocenters. The van der Waals surface area contributed by atoms with Crippen molar-refractivity contribution in [3.63, 3.8) is 0 Å². The zero-order valence-corrected chi connectivity index (χ0v) is 18.7. The summed E-state index contributed by atoms with van der Waals surface area (Å²) < 4.78 is 15.2. The van der Waals surface area contributed by atoms with Gasteiger partial charge in [0, 0.05) is 50.2 Å². The van der Waals surface area contributed by atoms with Gasteiger partial charge in [0.05, 0.1) is 6.33 Å². The number of alkyl carbamates (subject to hydrolysis) is 1. The Kier molecular flexibility index (Phi) is 8.99. The van der Waals surface area contributed by atoms with Gasteiger partial charge in [-0.2, -0.15) is 0 Å². The quantitative estimate of drug-likeness (QED) is 0.440. The van der Waals surface area contributed by atoms with E-state index < -0.39 is 36.6 Å². The second kappa shape index (κ2) is 11.7. The van der Waals surface area contributed by atoms with E-state index in [2.05, 4.69) is 20.3 Å². The van der Waals surface area contributed by atoms with E-state index >= 15 is 0 Å². The van der Waals surface area contributed by atoms with Gasteiger partial charge in [-0.1, -0.05) is 6.07 Å². The van der Waals surface area contributed by atoms with Crippen LogP contribution >= 0.6 is 0 Å². The van der Waals surface area contributed by atoms with Gasteiger partial charge in [0.15, 0.2) is 0 Å². The molecule has 0 saturated carbocycles. The average molecular weight is 447 g/mol. The number of ether oxygens (including phenoxy) is 3. The molecule has 0 fully saturated rings. The van der Waals surface area contributed by atoms with E-state index in [1.807, 2.05) is 18.2 Å². The molecule has 174 valence electrons. The van der Waals surface area contributed by atoms with Gasteiger partial charge < -0.3 is 29.4 Å². The number of hydrogen-bond donors (Lipinski definition) is 2. The first-order valence-corrected chi connectivity index (χ1v) is 10.1. The molecule has 2 aromatic rings. The number of aromatic nitrogens is 3. The minimum atomic E-state index is -1.01. The fourth-order valence-electron chi connectivity index (χ4n) is 2.53. The summed E-state index contributed by atoms with van der Waals surface area (Å²) >= 11 is 0. The average Bonchev–Trinajstić information content (AvgIpc) is 3.24. The third kappa shape index (κ3) is 9.02. The van der Waals surface area contributed by atoms with Crippen LogP contribution < -0.4 is 5.32 Å². The number of imidazole rings is 1. The lowest BCUT2D eigenvalue weighted by Crippen LogP contribution is -2.46. The van der Waals surface area contributed by atoms with Crippen molar-refractivity contribution in [2.75, 3.05) is 20.4 Å². The van der Waals surface area contributed by atoms with Crippen LogP contribution in [0.2, 0.25) is 0 Å². The van der Waals surface area contributed by atoms with E-state index in [1.165, 1.54) is 17.4 Å². The van der Waals surface area contributed by atoms with Crippen molar-refractivity contribution in [2.45, 2.75) is 45.3 Å². The van der Waals surface area contributed by atoms with Crippen LogP contribution in [0.3, 0.4) is 0 Å². The number of pyridine rings is 1. The minimum absolute atomic E-state index is 0.125. The Morgan fingerprint density at radius 2 is 2.00 bits per heavy atom. The van der Waals surface area contributed by atoms with E-state index in [0.717, 1.165) is 5.69 Å². The van der Waals surface area contributed by atoms with Gasteiger partial charge in [0.1, 0.15) is 11.6 Å². The fourth-order valence-corrected chi connectivity index (χ4v) is 2.53. The Morgan fingerprint density at radius 1 is 1.22 bits per heavy atom. The summed E-state index contributed by atoms with van der Waals surface area (Å²) in [6, 6.07) is 4.52. The predicted molar refractivity (Wildman–Crippen MR) is 113 cm³/mol. The molecule has 0 radical (unpaired) electrons. The molecule has 0 aliphatic rings. The maximum atomic E-state index is 12.5. The molecule has 0 bridgehead atoms. The summed E-state index contributed by atoms with van der Waals surface area (Å²) in [5.41, 5.74) is 0.736. The number of carbonyl (C=O) groups excluding carboxylic acids is 3. The van der Waals surface area contributed by atoms with Crippen LogP contribution in [0.5, 0.6) is 0 Å². The first-order chi connectivity index (χ1) is 15.1. The Hall–Kier alpha value is -3.63. The number of amides is 2. The number of nitrogens with zero attached hydrogens (tertiary/aromatic N) is 3. The molecular weight excluding hydrogens is 418 g/mol. The van der Waals surface area contributed by atoms with Gasteiger partial charge in [-0.25, -0.2) is 19.4 Å². The molecule has 0 saturated heterocycles. The standard InChI is InChI=1S/C21H29N5O6/c1-21(2,3)32-18(27)17(11-16-12-22-13-24-16)25-19(28)30-14-31-20(29)26(4)10-8-15-7-5-6-9-23-15/h5-7,9,12-13,17H,8,10-11,14H2,1-4H3,(H,22,24)(H,25,28). The van der Waals surface area contributed by atoms with Crippen LogP contribution in [-0.2, 0) is 31.8 Å². The summed E-state index contributed by atoms with van der Waals surface area (Å²) in [7, 11) is 1.56. The Morgan fingerprint density at radius 3 is 2.62 bits per heavy atom. The lowest BCUT2D eigenvalue weighted by atomic mass is 10.1. The monoisotopic (exact) mass is 447 g/mol. The van der Waals surface area contributed by atoms with E-state index in [9.17, 15) is 14.4 Å². The third-order valence-electron chi connectivity index (χ3n) is 4.08. The Labute approximate surface area is 186 Å². The molecule has 0 aliphatic carbocycles. The Balaban J connectivity index is 1.78. The highest BCUT2D eigenvalue weighted by Crippen LogP contribution is 2.11. The Bertz CT molecular complexity index is 867. The van der Waals surface area contributed by atoms with E-state index in [0.29, 0.717) is 18.7 Å². The predicted octanol–water partition coefficient (Wildman–Crippen LogP) is 2.05. The molecule has 2 heterocycles. The number of esters is 1. The fraction of sp³-hybridized carbons (Fsp3) is 0.476. The number of rotatable bonds is 9. The van der Waals surface area contributed by atoms with Crippen molar-refractivity contribution in [2.24, 2.45) is 0 Å². The first kappa shape index (κ1) is 24.6. The van der Waals surface area contributed by atoms with Crippen molar-refractivity contribution >= 4 is 18.2 Å². The van der Waals surface area contributed by atoms with Gasteiger partial charge in [-0.3, -0.25) is 4.98 Å². The van der Waals surface area contributed by atoms with E-state index in [4.69, 9.17) is 14.2 Å². The van der Waals surface area contributed by atoms with Gasteiger partial charge >= 0.3 is 18.2 Å². The first-order valence-electron chi connectivity index (χ1n) is 10.1. The third-order valence-corrected chi connectivity index (χ3v) is 4.08. The maximum Gasteiger partial charge on any atom is 0.412 e. The van der Waals surface area contributed by atoms with Crippen molar-refractivity contribution < 1.29 is 28.6 Å². The molecule has 0 aromatic carbocycles. The second-order valence-electron chi connectivity index (χ2n) is 7.96. The normalized spacial score (nSPS) is 11.9. The molecule has 1 atom stereocenters. The molecule has 0 aliphatic heterocycles. The molecule has 2 rings (SSSR count). The van der Waals surface area contributed by atoms with Crippen LogP contribution in [0, 0.1) is 0 Å². The number of nitrogens with one attached hydrogen (secondary N) is 2. The van der Waals surface area contributed by atoms with E-state index in [-0.39, 0.29) is 6.42 Å². The van der Waals surface area contributed by atoms with Gasteiger partial charge in [0.2, 0.25) is 6.79 Å². The molecule has 2 amide bonds. The number of carbonyl (C=O) groups is 3. The zero-order chi connectivity index (χ0) is 23.6. The largest absolute Gasteiger partial charge is 0.458 e. The van der Waals surface area contributed by atoms with Crippen LogP contribution in [-0.4, -0.2) is 70.0 Å². The van der Waals surface area contributed by atoms with Gasteiger partial charge in [0.25, 0.3) is 0 Å². The van der Waals surface area contributed by atoms with Crippen molar-refractivity contribution in [3.05, 3.63) is 48.3 Å². The molecule has 11 nitrogen and oxygen atoms in total. The number of hydrogen-bond acceptors (Lipinski definition) is 8. The highest BCUT2D eigenvalue weighted by molar-refractivity contribution is 5.82. The lowest BCUT2D eigenvalue weighted by Gasteiger charge is -2.24. The molecule has 32 heavy (non-hydrogen) atoms. The molecular formula is C21H29N5O6. The van der Waals surface area contributed by atoms with Gasteiger partial charge in [-0.05, 0) is 32.9 Å². The summed E-state index contributed by atoms with van der Waals surface area (Å²) in [5.74, 6) is -0.629. The van der Waals surface area contributed by atoms with Crippen molar-refractivity contribution in [1.29, 1.82) is 0 Å². The summed E-state index contributed by atoms with van der Waals surface area (Å²) in [5, 5.41) is 2.43. The minimum Gasteiger partial charge on any atom is -0.458 e. The lowest BCUT2D eigenvalue weighted by molar-refractivity contribution is -0.157. The highest BCUT2D eigenvalue weighted by atomic mass is 16.7. The number of likely N-dealkylation sites (N-methyl/N-ethyl adjacent to an activating group) is 1. The second-order valence-corrected chi connectivity index (χ2v) is 7.96. The van der Waals surface area contributed by atoms with Crippen LogP contribution in [0.1, 0.15) is 32.2 Å². The topological polar surface area (TPSA) is 136 Å². The molecule has 11 heteroatoms. The van der Waals surface area contributed by atoms with Crippen molar-refractivity contribution in [3.8, 4) is 0 Å². The zero-order valence-electron chi connectivity index (χ0n) is 18.7. The highest BCUT2D eigenvalue weighted by Gasteiger charge is 2.28. The smallest absolute Gasteiger partial charge is 0.412 e. The molecule has 2 N–H and O–H groups in total. The summed E-state index contributed by atoms with van der Waals surface area (Å²) in [6.07, 6.45) is 3.77. The van der Waals surface area contributed by atoms with E-state index in [1.54, 1.807) is 34.0 Å². The van der Waals surface area contributed by atoms with Crippen LogP contribution in [0.4, 0.5) is 9.59 Å². The van der Waals surface area contributed by atoms with Gasteiger partial charge in [-0.15, -0.1) is 0 Å². The number of aromatic amines is 1. The van der Waals surface area contributed by atoms with Crippen LogP contribution in [0.25, 0.3) is 0 Å². The molecule has 2 aromatic heterocycles. The SMILES string of the molecule is CN(CCc1ccccn1)C(=O)OCOC(=O)NC(Cc1cnc[nH]1)C(=O)OC(C)(C)C. The summed E-state index contributed by atoms with van der Waals surface area (Å²) in [4.78, 5) is 48.9. The summed E-state index contributed by atoms with van der Waals surface area (Å²) in [6.45, 7) is 4.94. The number of H-pyrrole nitrogens is 1.